The second-order valence-corrected chi connectivity index (χ2v) is 4.58. The van der Waals surface area contributed by atoms with Crippen molar-refractivity contribution >= 4 is 17.2 Å². The molecular formula is C13H17N5O2. The molecule has 0 amide bonds. The van der Waals surface area contributed by atoms with Crippen LogP contribution in [0.1, 0.15) is 11.3 Å². The summed E-state index contributed by atoms with van der Waals surface area (Å²) in [4.78, 5) is 10.6. The molecule has 0 unspecified atom stereocenters. The van der Waals surface area contributed by atoms with Crippen molar-refractivity contribution in [2.45, 2.75) is 13.3 Å². The zero-order valence-corrected chi connectivity index (χ0v) is 11.5. The first-order chi connectivity index (χ1) is 9.49. The molecule has 3 N–H and O–H groups in total. The van der Waals surface area contributed by atoms with Crippen molar-refractivity contribution in [1.29, 1.82) is 0 Å². The molecule has 1 heterocycles. The van der Waals surface area contributed by atoms with Crippen LogP contribution < -0.4 is 11.1 Å². The van der Waals surface area contributed by atoms with Crippen LogP contribution in [0.5, 0.6) is 0 Å². The molecule has 0 atom stereocenters. The molecule has 0 radical (unpaired) electrons. The number of benzene rings is 1. The van der Waals surface area contributed by atoms with Gasteiger partial charge in [0, 0.05) is 19.3 Å². The average Bonchev–Trinajstić information content (AvgIpc) is 2.66. The van der Waals surface area contributed by atoms with E-state index in [4.69, 9.17) is 5.73 Å². The number of hydrogen-bond donors (Lipinski definition) is 2. The van der Waals surface area contributed by atoms with E-state index in [0.717, 1.165) is 17.7 Å². The topological polar surface area (TPSA) is 99.0 Å². The Morgan fingerprint density at radius 3 is 2.65 bits per heavy atom. The van der Waals surface area contributed by atoms with Crippen LogP contribution in [0.3, 0.4) is 0 Å². The fraction of sp³-hybridized carbons (Fsp3) is 0.308. The molecular weight excluding hydrogens is 258 g/mol. The summed E-state index contributed by atoms with van der Waals surface area (Å²) in [7, 11) is 1.69. The Morgan fingerprint density at radius 2 is 2.05 bits per heavy atom. The summed E-state index contributed by atoms with van der Waals surface area (Å²) in [5.74, 6) is 0.433. The van der Waals surface area contributed by atoms with E-state index in [2.05, 4.69) is 10.4 Å². The van der Waals surface area contributed by atoms with Crippen molar-refractivity contribution in [3.05, 3.63) is 45.6 Å². The van der Waals surface area contributed by atoms with Crippen LogP contribution in [0.2, 0.25) is 0 Å². The van der Waals surface area contributed by atoms with E-state index in [-0.39, 0.29) is 5.69 Å². The number of nitrogen functional groups attached to an aromatic ring is 1. The number of nitrogens with zero attached hydrogens (tertiary/aromatic N) is 3. The van der Waals surface area contributed by atoms with Gasteiger partial charge in [-0.15, -0.1) is 0 Å². The molecule has 0 spiro atoms. The molecule has 0 saturated carbocycles. The molecule has 7 nitrogen and oxygen atoms in total. The summed E-state index contributed by atoms with van der Waals surface area (Å²) in [6, 6.07) is 7.57. The van der Waals surface area contributed by atoms with Crippen molar-refractivity contribution in [2.24, 2.45) is 7.05 Å². The zero-order chi connectivity index (χ0) is 14.7. The maximum Gasteiger partial charge on any atom is 0.333 e. The molecule has 106 valence electrons. The van der Waals surface area contributed by atoms with E-state index < -0.39 is 4.92 Å². The van der Waals surface area contributed by atoms with Crippen molar-refractivity contribution in [1.82, 2.24) is 9.78 Å². The molecule has 2 aromatic rings. The van der Waals surface area contributed by atoms with Gasteiger partial charge >= 0.3 is 5.69 Å². The summed E-state index contributed by atoms with van der Waals surface area (Å²) in [5, 5.41) is 18.2. The van der Waals surface area contributed by atoms with Gasteiger partial charge in [0.2, 0.25) is 5.82 Å². The highest BCUT2D eigenvalue weighted by Crippen LogP contribution is 2.27. The second-order valence-electron chi connectivity index (χ2n) is 4.58. The lowest BCUT2D eigenvalue weighted by Gasteiger charge is -2.06. The number of rotatable bonds is 5. The van der Waals surface area contributed by atoms with Gasteiger partial charge in [0.1, 0.15) is 5.69 Å². The van der Waals surface area contributed by atoms with Crippen LogP contribution in [0.4, 0.5) is 17.2 Å². The van der Waals surface area contributed by atoms with Crippen LogP contribution in [0.15, 0.2) is 24.3 Å². The average molecular weight is 275 g/mol. The Hall–Kier alpha value is -2.57. The summed E-state index contributed by atoms with van der Waals surface area (Å²) in [6.07, 6.45) is 0.752. The minimum atomic E-state index is -0.409. The van der Waals surface area contributed by atoms with Gasteiger partial charge in [-0.05, 0) is 31.0 Å². The molecule has 20 heavy (non-hydrogen) atoms. The molecule has 1 aromatic heterocycles. The normalized spacial score (nSPS) is 10.5. The number of nitrogens with one attached hydrogen (secondary N) is 1. The van der Waals surface area contributed by atoms with Crippen LogP contribution in [0.25, 0.3) is 0 Å². The third-order valence-electron chi connectivity index (χ3n) is 3.06. The Bertz CT molecular complexity index is 618. The monoisotopic (exact) mass is 275 g/mol. The van der Waals surface area contributed by atoms with Crippen LogP contribution >= 0.6 is 0 Å². The van der Waals surface area contributed by atoms with Crippen molar-refractivity contribution in [3.63, 3.8) is 0 Å². The lowest BCUT2D eigenvalue weighted by atomic mass is 10.1. The molecule has 0 bridgehead atoms. The van der Waals surface area contributed by atoms with E-state index in [9.17, 15) is 10.1 Å². The maximum absolute atomic E-state index is 11.0. The molecule has 0 fully saturated rings. The van der Waals surface area contributed by atoms with Crippen LogP contribution in [-0.4, -0.2) is 21.2 Å². The number of aryl methyl sites for hydroxylation is 2. The van der Waals surface area contributed by atoms with Crippen molar-refractivity contribution < 1.29 is 4.92 Å². The second kappa shape index (κ2) is 5.60. The van der Waals surface area contributed by atoms with Gasteiger partial charge in [-0.2, -0.15) is 5.10 Å². The fourth-order valence-corrected chi connectivity index (χ4v) is 2.07. The predicted molar refractivity (Wildman–Crippen MR) is 77.6 cm³/mol. The zero-order valence-electron chi connectivity index (χ0n) is 11.5. The smallest absolute Gasteiger partial charge is 0.333 e. The highest BCUT2D eigenvalue weighted by atomic mass is 16.6. The first kappa shape index (κ1) is 13.9. The van der Waals surface area contributed by atoms with Crippen molar-refractivity contribution in [3.8, 4) is 0 Å². The van der Waals surface area contributed by atoms with Gasteiger partial charge in [0.25, 0.3) is 0 Å². The largest absolute Gasteiger partial charge is 0.399 e. The van der Waals surface area contributed by atoms with E-state index in [1.165, 1.54) is 4.68 Å². The number of nitro groups is 1. The van der Waals surface area contributed by atoms with Gasteiger partial charge in [0.05, 0.1) is 4.92 Å². The summed E-state index contributed by atoms with van der Waals surface area (Å²) in [6.45, 7) is 2.22. The van der Waals surface area contributed by atoms with Gasteiger partial charge in [0.15, 0.2) is 0 Å². The predicted octanol–water partition coefficient (Wildman–Crippen LogP) is 1.87. The van der Waals surface area contributed by atoms with E-state index in [1.54, 1.807) is 14.0 Å². The molecule has 0 aliphatic carbocycles. The first-order valence-electron chi connectivity index (χ1n) is 6.25. The first-order valence-corrected chi connectivity index (χ1v) is 6.25. The standard InChI is InChI=1S/C13H17N5O2/c1-9-12(18(19)20)13(17(2)16-9)15-8-7-10-3-5-11(14)6-4-10/h3-6,15H,7-8,14H2,1-2H3. The lowest BCUT2D eigenvalue weighted by Crippen LogP contribution is -2.10. The number of nitrogens with two attached hydrogens (primary N) is 1. The summed E-state index contributed by atoms with van der Waals surface area (Å²) < 4.78 is 1.50. The fourth-order valence-electron chi connectivity index (χ4n) is 2.07. The van der Waals surface area contributed by atoms with Gasteiger partial charge in [-0.1, -0.05) is 12.1 Å². The molecule has 0 aliphatic heterocycles. The van der Waals surface area contributed by atoms with Gasteiger partial charge < -0.3 is 11.1 Å². The van der Waals surface area contributed by atoms with E-state index >= 15 is 0 Å². The van der Waals surface area contributed by atoms with Gasteiger partial charge in [-0.25, -0.2) is 4.68 Å². The van der Waals surface area contributed by atoms with E-state index in [1.807, 2.05) is 24.3 Å². The minimum Gasteiger partial charge on any atom is -0.399 e. The highest BCUT2D eigenvalue weighted by molar-refractivity contribution is 5.59. The molecule has 0 aliphatic rings. The van der Waals surface area contributed by atoms with E-state index in [0.29, 0.717) is 18.1 Å². The minimum absolute atomic E-state index is 0.0322. The molecule has 2 rings (SSSR count). The number of hydrogen-bond acceptors (Lipinski definition) is 5. The van der Waals surface area contributed by atoms with Crippen LogP contribution in [-0.2, 0) is 13.5 Å². The SMILES string of the molecule is Cc1nn(C)c(NCCc2ccc(N)cc2)c1[N+](=O)[O-]. The molecule has 7 heteroatoms. The molecule has 0 saturated heterocycles. The Balaban J connectivity index is 2.04. The Morgan fingerprint density at radius 1 is 1.40 bits per heavy atom. The van der Waals surface area contributed by atoms with Gasteiger partial charge in [-0.3, -0.25) is 10.1 Å². The quantitative estimate of drug-likeness (QED) is 0.493. The number of aromatic nitrogens is 2. The summed E-state index contributed by atoms with van der Waals surface area (Å²) in [5.41, 5.74) is 7.90. The summed E-state index contributed by atoms with van der Waals surface area (Å²) >= 11 is 0. The lowest BCUT2D eigenvalue weighted by molar-refractivity contribution is -0.384. The Kier molecular flexibility index (Phi) is 3.88. The molecule has 1 aromatic carbocycles. The number of anilines is 2. The third-order valence-corrected chi connectivity index (χ3v) is 3.06. The van der Waals surface area contributed by atoms with Crippen molar-refractivity contribution in [2.75, 3.05) is 17.6 Å². The Labute approximate surface area is 116 Å². The van der Waals surface area contributed by atoms with Crippen LogP contribution in [0, 0.1) is 17.0 Å². The maximum atomic E-state index is 11.0. The third kappa shape index (κ3) is 2.87. The highest BCUT2D eigenvalue weighted by Gasteiger charge is 2.23.